The van der Waals surface area contributed by atoms with Crippen molar-refractivity contribution in [3.8, 4) is 11.5 Å². The molecule has 0 spiro atoms. The third-order valence-electron chi connectivity index (χ3n) is 8.05. The van der Waals surface area contributed by atoms with E-state index >= 15 is 0 Å². The molecule has 2 aliphatic heterocycles. The molecular formula is C34H28N2O10. The molecule has 0 aromatic heterocycles. The van der Waals surface area contributed by atoms with E-state index in [-0.39, 0.29) is 71.9 Å². The van der Waals surface area contributed by atoms with E-state index in [9.17, 15) is 28.8 Å². The molecule has 6 rings (SSSR count). The average Bonchev–Trinajstić information content (AvgIpc) is 3.67. The molecule has 3 aliphatic rings. The zero-order chi connectivity index (χ0) is 32.5. The summed E-state index contributed by atoms with van der Waals surface area (Å²) in [4.78, 5) is 79.8. The van der Waals surface area contributed by atoms with Gasteiger partial charge in [-0.1, -0.05) is 36.4 Å². The Morgan fingerprint density at radius 1 is 0.609 bits per heavy atom. The number of methoxy groups -OCH3 is 2. The highest BCUT2D eigenvalue weighted by molar-refractivity contribution is 6.25. The van der Waals surface area contributed by atoms with Gasteiger partial charge in [-0.3, -0.25) is 28.8 Å². The zero-order valence-corrected chi connectivity index (χ0v) is 24.9. The predicted octanol–water partition coefficient (Wildman–Crippen LogP) is 3.49. The molecule has 0 bridgehead atoms. The van der Waals surface area contributed by atoms with Crippen molar-refractivity contribution in [2.24, 2.45) is 11.8 Å². The van der Waals surface area contributed by atoms with E-state index in [0.717, 1.165) is 0 Å². The smallest absolute Gasteiger partial charge is 0.311 e. The number of amides is 2. The van der Waals surface area contributed by atoms with Gasteiger partial charge < -0.3 is 28.7 Å². The SMILES string of the molecule is COC(=O)C1CC(=O)N(c2cccc(OC3=C(Oc4cccc(N5CC(C(=O)OC)CC5=O)c4)C(=O)c4ccccc4C3=O)c2)C1. The number of carbonyl (C=O) groups is 6. The number of benzene rings is 3. The molecule has 0 radical (unpaired) electrons. The molecule has 12 heteroatoms. The molecule has 234 valence electrons. The number of fused-ring (bicyclic) bond motifs is 1. The number of hydrogen-bond donors (Lipinski definition) is 0. The summed E-state index contributed by atoms with van der Waals surface area (Å²) in [5.74, 6) is -4.37. The molecule has 2 heterocycles. The van der Waals surface area contributed by atoms with Crippen molar-refractivity contribution < 1.29 is 47.7 Å². The largest absolute Gasteiger partial charge is 0.469 e. The minimum Gasteiger partial charge on any atom is -0.469 e. The number of nitrogens with zero attached hydrogens (tertiary/aromatic N) is 2. The van der Waals surface area contributed by atoms with Gasteiger partial charge in [0.15, 0.2) is 0 Å². The highest BCUT2D eigenvalue weighted by atomic mass is 16.5. The summed E-state index contributed by atoms with van der Waals surface area (Å²) in [6.45, 7) is 0.236. The van der Waals surface area contributed by atoms with Gasteiger partial charge in [0.1, 0.15) is 11.5 Å². The number of carbonyl (C=O) groups excluding carboxylic acids is 6. The number of esters is 2. The quantitative estimate of drug-likeness (QED) is 0.342. The second-order valence-electron chi connectivity index (χ2n) is 10.9. The summed E-state index contributed by atoms with van der Waals surface area (Å²) in [5.41, 5.74) is 1.12. The Hall–Kier alpha value is -5.78. The molecule has 2 fully saturated rings. The van der Waals surface area contributed by atoms with Crippen LogP contribution < -0.4 is 19.3 Å². The summed E-state index contributed by atoms with van der Waals surface area (Å²) >= 11 is 0. The lowest BCUT2D eigenvalue weighted by Gasteiger charge is -2.22. The molecule has 2 amide bonds. The van der Waals surface area contributed by atoms with E-state index in [1.165, 1.54) is 48.3 Å². The van der Waals surface area contributed by atoms with Crippen molar-refractivity contribution in [2.75, 3.05) is 37.1 Å². The van der Waals surface area contributed by atoms with Crippen LogP contribution in [-0.4, -0.2) is 62.6 Å². The molecule has 2 saturated heterocycles. The topological polar surface area (TPSA) is 146 Å². The number of Topliss-reactive ketones (excluding diaryl/α,β-unsaturated/α-hetero) is 2. The van der Waals surface area contributed by atoms with Crippen LogP contribution >= 0.6 is 0 Å². The molecule has 12 nitrogen and oxygen atoms in total. The summed E-state index contributed by atoms with van der Waals surface area (Å²) in [7, 11) is 2.53. The van der Waals surface area contributed by atoms with Crippen molar-refractivity contribution in [3.63, 3.8) is 0 Å². The van der Waals surface area contributed by atoms with Crippen molar-refractivity contribution in [1.82, 2.24) is 0 Å². The van der Waals surface area contributed by atoms with Crippen molar-refractivity contribution in [1.29, 1.82) is 0 Å². The van der Waals surface area contributed by atoms with Crippen LogP contribution in [0.25, 0.3) is 0 Å². The number of hydrogen-bond acceptors (Lipinski definition) is 10. The van der Waals surface area contributed by atoms with Gasteiger partial charge in [0.2, 0.25) is 34.9 Å². The lowest BCUT2D eigenvalue weighted by molar-refractivity contribution is -0.145. The van der Waals surface area contributed by atoms with Crippen LogP contribution in [0.1, 0.15) is 33.6 Å². The maximum Gasteiger partial charge on any atom is 0.311 e. The van der Waals surface area contributed by atoms with E-state index in [1.807, 2.05) is 0 Å². The second-order valence-corrected chi connectivity index (χ2v) is 10.9. The Labute approximate surface area is 263 Å². The molecule has 2 unspecified atom stereocenters. The van der Waals surface area contributed by atoms with Crippen LogP contribution in [0.5, 0.6) is 11.5 Å². The lowest BCUT2D eigenvalue weighted by Crippen LogP contribution is -2.28. The maximum atomic E-state index is 13.7. The van der Waals surface area contributed by atoms with Gasteiger partial charge in [-0.15, -0.1) is 0 Å². The van der Waals surface area contributed by atoms with Gasteiger partial charge in [-0.25, -0.2) is 0 Å². The van der Waals surface area contributed by atoms with E-state index in [0.29, 0.717) is 11.4 Å². The van der Waals surface area contributed by atoms with Crippen LogP contribution in [0.15, 0.2) is 84.3 Å². The molecule has 46 heavy (non-hydrogen) atoms. The molecule has 0 N–H and O–H groups in total. The third kappa shape index (κ3) is 5.60. The first-order valence-electron chi connectivity index (χ1n) is 14.4. The lowest BCUT2D eigenvalue weighted by atomic mass is 9.92. The fourth-order valence-corrected chi connectivity index (χ4v) is 5.74. The van der Waals surface area contributed by atoms with Gasteiger partial charge in [0.05, 0.1) is 26.1 Å². The Bertz CT molecular complexity index is 1700. The highest BCUT2D eigenvalue weighted by Crippen LogP contribution is 2.35. The minimum atomic E-state index is -0.614. The minimum absolute atomic E-state index is 0.00386. The first-order chi connectivity index (χ1) is 22.2. The summed E-state index contributed by atoms with van der Waals surface area (Å²) in [6.07, 6.45) is -0.00773. The Kier molecular flexibility index (Phi) is 8.10. The number of anilines is 2. The van der Waals surface area contributed by atoms with Crippen molar-refractivity contribution in [3.05, 3.63) is 95.4 Å². The highest BCUT2D eigenvalue weighted by Gasteiger charge is 2.39. The summed E-state index contributed by atoms with van der Waals surface area (Å²) in [6, 6.07) is 19.0. The number of allylic oxidation sites excluding steroid dienone is 2. The van der Waals surface area contributed by atoms with Crippen molar-refractivity contribution >= 4 is 46.7 Å². The van der Waals surface area contributed by atoms with Crippen LogP contribution in [0.3, 0.4) is 0 Å². The maximum absolute atomic E-state index is 13.7. The standard InChI is InChI=1S/C34H28N2O10/c1-43-33(41)19-13-27(37)35(17-19)21-7-5-9-23(15-21)45-31-29(39)25-11-3-4-12-26(25)30(40)32(31)46-24-10-6-8-22(16-24)36-18-20(14-28(36)38)34(42)44-2/h3-12,15-16,19-20H,13-14,17-18H2,1-2H3. The number of ether oxygens (including phenoxy) is 4. The molecule has 3 aromatic rings. The first-order valence-corrected chi connectivity index (χ1v) is 14.4. The van der Waals surface area contributed by atoms with Crippen LogP contribution in [-0.2, 0) is 28.7 Å². The van der Waals surface area contributed by atoms with Crippen LogP contribution in [0, 0.1) is 11.8 Å². The average molecular weight is 625 g/mol. The second kappa shape index (κ2) is 12.3. The molecule has 3 aromatic carbocycles. The third-order valence-corrected chi connectivity index (χ3v) is 8.05. The van der Waals surface area contributed by atoms with E-state index in [4.69, 9.17) is 18.9 Å². The molecular weight excluding hydrogens is 596 g/mol. The van der Waals surface area contributed by atoms with Gasteiger partial charge in [-0.05, 0) is 24.3 Å². The summed E-state index contributed by atoms with van der Waals surface area (Å²) in [5, 5.41) is 0. The van der Waals surface area contributed by atoms with Gasteiger partial charge >= 0.3 is 11.9 Å². The zero-order valence-electron chi connectivity index (χ0n) is 24.9. The molecule has 2 atom stereocenters. The molecule has 1 aliphatic carbocycles. The van der Waals surface area contributed by atoms with Crippen molar-refractivity contribution in [2.45, 2.75) is 12.8 Å². The van der Waals surface area contributed by atoms with Gasteiger partial charge in [0, 0.05) is 60.6 Å². The summed E-state index contributed by atoms with van der Waals surface area (Å²) < 4.78 is 21.7. The number of rotatable bonds is 8. The van der Waals surface area contributed by atoms with Gasteiger partial charge in [0.25, 0.3) is 0 Å². The van der Waals surface area contributed by atoms with E-state index < -0.39 is 35.3 Å². The van der Waals surface area contributed by atoms with E-state index in [1.54, 1.807) is 48.5 Å². The Morgan fingerprint density at radius 3 is 1.41 bits per heavy atom. The Morgan fingerprint density at radius 2 is 1.02 bits per heavy atom. The fraction of sp³-hybridized carbons (Fsp3) is 0.235. The number of ketones is 2. The fourth-order valence-electron chi connectivity index (χ4n) is 5.74. The van der Waals surface area contributed by atoms with Crippen LogP contribution in [0.2, 0.25) is 0 Å². The van der Waals surface area contributed by atoms with E-state index in [2.05, 4.69) is 0 Å². The van der Waals surface area contributed by atoms with Gasteiger partial charge in [-0.2, -0.15) is 0 Å². The Balaban J connectivity index is 1.32. The molecule has 0 saturated carbocycles. The van der Waals surface area contributed by atoms with Crippen LogP contribution in [0.4, 0.5) is 11.4 Å². The predicted molar refractivity (Wildman–Crippen MR) is 161 cm³/mol. The monoisotopic (exact) mass is 624 g/mol. The first kappa shape index (κ1) is 30.3. The normalized spacial score (nSPS) is 19.3.